The zero-order chi connectivity index (χ0) is 20.2. The van der Waals surface area contributed by atoms with Crippen LogP contribution in [0.1, 0.15) is 18.4 Å². The average Bonchev–Trinajstić information content (AvgIpc) is 2.75. The Morgan fingerprint density at radius 1 is 1.24 bits per heavy atom. The first-order chi connectivity index (χ1) is 14.1. The van der Waals surface area contributed by atoms with Gasteiger partial charge in [0.15, 0.2) is 0 Å². The molecule has 4 fully saturated rings. The molecule has 2 N–H and O–H groups in total. The van der Waals surface area contributed by atoms with E-state index >= 15 is 0 Å². The minimum Gasteiger partial charge on any atom is -0.336 e. The Morgan fingerprint density at radius 2 is 2.07 bits per heavy atom. The van der Waals surface area contributed by atoms with Gasteiger partial charge in [-0.05, 0) is 56.5 Å². The Hall–Kier alpha value is -2.14. The molecule has 29 heavy (non-hydrogen) atoms. The van der Waals surface area contributed by atoms with Crippen molar-refractivity contribution >= 4 is 11.7 Å². The molecule has 1 aromatic rings. The number of hydrogen-bond donors (Lipinski definition) is 2. The van der Waals surface area contributed by atoms with E-state index in [1.165, 1.54) is 45.6 Å². The summed E-state index contributed by atoms with van der Waals surface area (Å²) in [7, 11) is 2.21. The van der Waals surface area contributed by atoms with E-state index < -0.39 is 0 Å². The van der Waals surface area contributed by atoms with E-state index in [1.54, 1.807) is 24.3 Å². The number of rotatable bonds is 5. The van der Waals surface area contributed by atoms with Gasteiger partial charge in [0.1, 0.15) is 0 Å². The Morgan fingerprint density at radius 3 is 2.79 bits per heavy atom. The number of carbonyl (C=O) groups excluding carboxylic acids is 1. The summed E-state index contributed by atoms with van der Waals surface area (Å²) in [6.45, 7) is 8.97. The van der Waals surface area contributed by atoms with Crippen LogP contribution in [0.25, 0.3) is 0 Å². The topological polar surface area (TPSA) is 74.6 Å². The number of benzene rings is 1. The Balaban J connectivity index is 1.23. The highest BCUT2D eigenvalue weighted by atomic mass is 16.2. The summed E-state index contributed by atoms with van der Waals surface area (Å²) in [5.41, 5.74) is 1.20. The van der Waals surface area contributed by atoms with Gasteiger partial charge in [-0.2, -0.15) is 5.26 Å². The lowest BCUT2D eigenvalue weighted by Crippen LogP contribution is -2.59. The largest absolute Gasteiger partial charge is 0.336 e. The summed E-state index contributed by atoms with van der Waals surface area (Å²) in [5, 5.41) is 14.8. The number of carbonyl (C=O) groups is 1. The van der Waals surface area contributed by atoms with Crippen molar-refractivity contribution in [2.45, 2.75) is 18.9 Å². The third kappa shape index (κ3) is 5.08. The van der Waals surface area contributed by atoms with Crippen LogP contribution in [0.3, 0.4) is 0 Å². The molecule has 4 saturated heterocycles. The lowest BCUT2D eigenvalue weighted by Gasteiger charge is -2.51. The maximum Gasteiger partial charge on any atom is 0.319 e. The van der Waals surface area contributed by atoms with Crippen LogP contribution < -0.4 is 10.6 Å². The quantitative estimate of drug-likeness (QED) is 0.791. The molecule has 0 aliphatic carbocycles. The first-order valence-corrected chi connectivity index (χ1v) is 10.8. The van der Waals surface area contributed by atoms with Crippen molar-refractivity contribution in [2.24, 2.45) is 11.8 Å². The molecule has 1 unspecified atom stereocenters. The molecule has 4 atom stereocenters. The van der Waals surface area contributed by atoms with Gasteiger partial charge < -0.3 is 20.4 Å². The van der Waals surface area contributed by atoms with Gasteiger partial charge in [0.05, 0.1) is 11.6 Å². The van der Waals surface area contributed by atoms with Crippen molar-refractivity contribution in [3.63, 3.8) is 0 Å². The summed E-state index contributed by atoms with van der Waals surface area (Å²) in [5.74, 6) is 1.55. The third-order valence-corrected chi connectivity index (χ3v) is 6.85. The van der Waals surface area contributed by atoms with Crippen LogP contribution in [0, 0.1) is 23.2 Å². The van der Waals surface area contributed by atoms with Crippen LogP contribution >= 0.6 is 0 Å². The summed E-state index contributed by atoms with van der Waals surface area (Å²) >= 11 is 0. The fourth-order valence-electron chi connectivity index (χ4n) is 5.08. The zero-order valence-electron chi connectivity index (χ0n) is 17.3. The number of fused-ring (bicyclic) bond motifs is 3. The van der Waals surface area contributed by atoms with E-state index in [0.717, 1.165) is 24.9 Å². The molecular weight excluding hydrogens is 364 g/mol. The van der Waals surface area contributed by atoms with Crippen molar-refractivity contribution in [2.75, 3.05) is 64.7 Å². The maximum absolute atomic E-state index is 12.3. The molecule has 5 rings (SSSR count). The van der Waals surface area contributed by atoms with Gasteiger partial charge in [0.25, 0.3) is 0 Å². The van der Waals surface area contributed by atoms with Gasteiger partial charge in [-0.15, -0.1) is 0 Å². The number of anilines is 1. The monoisotopic (exact) mass is 396 g/mol. The number of likely N-dealkylation sites (N-methyl/N-ethyl adjacent to an activating group) is 1. The van der Waals surface area contributed by atoms with E-state index in [-0.39, 0.29) is 6.03 Å². The second kappa shape index (κ2) is 9.12. The maximum atomic E-state index is 12.3. The fraction of sp³-hybridized carbons (Fsp3) is 0.636. The first kappa shape index (κ1) is 20.1. The van der Waals surface area contributed by atoms with Gasteiger partial charge in [0, 0.05) is 57.5 Å². The van der Waals surface area contributed by atoms with E-state index in [1.807, 2.05) is 0 Å². The van der Waals surface area contributed by atoms with E-state index in [2.05, 4.69) is 38.5 Å². The second-order valence-corrected chi connectivity index (χ2v) is 8.82. The fourth-order valence-corrected chi connectivity index (χ4v) is 5.08. The van der Waals surface area contributed by atoms with Gasteiger partial charge in [0.2, 0.25) is 0 Å². The van der Waals surface area contributed by atoms with Crippen molar-refractivity contribution in [1.29, 1.82) is 5.26 Å². The van der Waals surface area contributed by atoms with Crippen LogP contribution in [-0.2, 0) is 0 Å². The van der Waals surface area contributed by atoms with Gasteiger partial charge in [-0.25, -0.2) is 4.79 Å². The van der Waals surface area contributed by atoms with Crippen molar-refractivity contribution in [3.8, 4) is 6.07 Å². The Kier molecular flexibility index (Phi) is 6.34. The molecule has 1 aromatic carbocycles. The van der Waals surface area contributed by atoms with E-state index in [0.29, 0.717) is 23.8 Å². The number of hydrogen-bond acceptors (Lipinski definition) is 5. The Labute approximate surface area is 173 Å². The van der Waals surface area contributed by atoms with Crippen LogP contribution in [0.2, 0.25) is 0 Å². The third-order valence-electron chi connectivity index (χ3n) is 6.85. The average molecular weight is 397 g/mol. The molecule has 156 valence electrons. The number of piperazine rings is 1. The molecule has 0 aromatic heterocycles. The predicted octanol–water partition coefficient (Wildman–Crippen LogP) is 1.64. The Bertz CT molecular complexity index is 754. The van der Waals surface area contributed by atoms with Crippen LogP contribution in [0.4, 0.5) is 10.5 Å². The number of nitrogens with zero attached hydrogens (tertiary/aromatic N) is 4. The van der Waals surface area contributed by atoms with Gasteiger partial charge in [-0.1, -0.05) is 6.07 Å². The number of piperidine rings is 3. The molecule has 4 aliphatic rings. The van der Waals surface area contributed by atoms with Crippen molar-refractivity contribution < 1.29 is 4.79 Å². The minimum absolute atomic E-state index is 0.197. The van der Waals surface area contributed by atoms with Gasteiger partial charge >= 0.3 is 6.03 Å². The first-order valence-electron chi connectivity index (χ1n) is 10.8. The van der Waals surface area contributed by atoms with Crippen molar-refractivity contribution in [3.05, 3.63) is 29.8 Å². The molecule has 0 spiro atoms. The molecule has 0 saturated carbocycles. The molecular formula is C22H32N6O. The summed E-state index contributed by atoms with van der Waals surface area (Å²) in [4.78, 5) is 19.9. The molecule has 7 nitrogen and oxygen atoms in total. The number of nitrogens with one attached hydrogen (secondary N) is 2. The summed E-state index contributed by atoms with van der Waals surface area (Å²) in [6, 6.07) is 9.33. The molecule has 2 amide bonds. The van der Waals surface area contributed by atoms with Crippen LogP contribution in [0.15, 0.2) is 24.3 Å². The molecule has 2 bridgehead atoms. The number of nitriles is 1. The number of amides is 2. The summed E-state index contributed by atoms with van der Waals surface area (Å²) in [6.07, 6.45) is 2.48. The predicted molar refractivity (Wildman–Crippen MR) is 114 cm³/mol. The van der Waals surface area contributed by atoms with E-state index in [4.69, 9.17) is 5.26 Å². The smallest absolute Gasteiger partial charge is 0.319 e. The van der Waals surface area contributed by atoms with Crippen LogP contribution in [-0.4, -0.2) is 86.2 Å². The van der Waals surface area contributed by atoms with E-state index in [9.17, 15) is 4.79 Å². The lowest BCUT2D eigenvalue weighted by atomic mass is 9.75. The highest BCUT2D eigenvalue weighted by Crippen LogP contribution is 2.36. The molecule has 4 heterocycles. The second-order valence-electron chi connectivity index (χ2n) is 8.82. The van der Waals surface area contributed by atoms with Gasteiger partial charge in [-0.3, -0.25) is 4.90 Å². The highest BCUT2D eigenvalue weighted by molar-refractivity contribution is 5.89. The summed E-state index contributed by atoms with van der Waals surface area (Å²) < 4.78 is 0. The molecule has 4 aliphatic heterocycles. The standard InChI is InChI=1S/C22H32N6O/c1-26-7-9-27(10-8-26)15-19-16-28-6-5-18(19)12-21(28)14-24-22(29)25-20-4-2-3-17(11-20)13-23/h2-4,11,18-19,21H,5-10,12,14-16H2,1H3,(H2,24,25,29)/t18-,19+,21+/m0/s1. The van der Waals surface area contributed by atoms with Crippen molar-refractivity contribution in [1.82, 2.24) is 20.0 Å². The minimum atomic E-state index is -0.197. The zero-order valence-corrected chi connectivity index (χ0v) is 17.3. The van der Waals surface area contributed by atoms with Crippen LogP contribution in [0.5, 0.6) is 0 Å². The normalized spacial score (nSPS) is 29.9. The molecule has 7 heteroatoms. The number of urea groups is 1. The SMILES string of the molecule is CN1CCN(C[C@@H]2CN3CC[C@H]2C[C@@H]3CNC(=O)Nc2cccc(C#N)c2)CC1. The lowest BCUT2D eigenvalue weighted by molar-refractivity contribution is -0.0155. The highest BCUT2D eigenvalue weighted by Gasteiger charge is 2.40. The molecule has 0 radical (unpaired) electrons.